The van der Waals surface area contributed by atoms with Gasteiger partial charge in [0.2, 0.25) is 5.95 Å². The normalized spacial score (nSPS) is 16.9. The van der Waals surface area contributed by atoms with Crippen LogP contribution >= 0.6 is 0 Å². The molecular formula is C23H25FN6O2. The first kappa shape index (κ1) is 21.6. The standard InChI is InChI=1S/C23H25FN6O2/c1-13(2)19-12-32-23(31)30(19)20-7-8-25-22(29-20)28-15(4)21-26-10-16(11-27-21)18-6-5-17(24)9-14(18)3/h5-11,13,15,19H,12H2,1-4H3,(H,25,28,29)/t15?,19-/m1/s1. The number of rotatable bonds is 6. The number of cyclic esters (lactones) is 1. The summed E-state index contributed by atoms with van der Waals surface area (Å²) in [5, 5.41) is 3.18. The van der Waals surface area contributed by atoms with E-state index < -0.39 is 6.09 Å². The second-order valence-corrected chi connectivity index (χ2v) is 8.15. The average Bonchev–Trinajstić information content (AvgIpc) is 3.16. The van der Waals surface area contributed by atoms with Crippen LogP contribution in [0.4, 0.5) is 21.0 Å². The van der Waals surface area contributed by atoms with Crippen molar-refractivity contribution in [1.29, 1.82) is 0 Å². The topological polar surface area (TPSA) is 93.1 Å². The van der Waals surface area contributed by atoms with Gasteiger partial charge in [0, 0.05) is 24.2 Å². The first-order valence-corrected chi connectivity index (χ1v) is 10.5. The van der Waals surface area contributed by atoms with Gasteiger partial charge < -0.3 is 10.1 Å². The molecule has 1 unspecified atom stereocenters. The van der Waals surface area contributed by atoms with E-state index in [1.807, 2.05) is 27.7 Å². The van der Waals surface area contributed by atoms with Crippen molar-refractivity contribution >= 4 is 17.9 Å². The Labute approximate surface area is 185 Å². The van der Waals surface area contributed by atoms with E-state index in [2.05, 4.69) is 25.3 Å². The van der Waals surface area contributed by atoms with Crippen molar-refractivity contribution in [3.63, 3.8) is 0 Å². The van der Waals surface area contributed by atoms with E-state index in [1.54, 1.807) is 35.6 Å². The van der Waals surface area contributed by atoms with Crippen LogP contribution in [0.2, 0.25) is 0 Å². The third-order valence-corrected chi connectivity index (χ3v) is 5.47. The van der Waals surface area contributed by atoms with E-state index in [0.717, 1.165) is 16.7 Å². The molecule has 0 saturated carbocycles. The Balaban J connectivity index is 1.50. The monoisotopic (exact) mass is 436 g/mol. The van der Waals surface area contributed by atoms with Crippen molar-refractivity contribution in [2.24, 2.45) is 5.92 Å². The number of hydrogen-bond donors (Lipinski definition) is 1. The van der Waals surface area contributed by atoms with Crippen LogP contribution < -0.4 is 10.2 Å². The Morgan fingerprint density at radius 3 is 2.59 bits per heavy atom. The van der Waals surface area contributed by atoms with Gasteiger partial charge in [-0.2, -0.15) is 4.98 Å². The fraction of sp³-hybridized carbons (Fsp3) is 0.348. The number of aryl methyl sites for hydroxylation is 1. The van der Waals surface area contributed by atoms with E-state index in [4.69, 9.17) is 4.74 Å². The molecule has 2 atom stereocenters. The summed E-state index contributed by atoms with van der Waals surface area (Å²) in [6.07, 6.45) is 4.62. The van der Waals surface area contributed by atoms with Gasteiger partial charge in [0.1, 0.15) is 24.1 Å². The predicted octanol–water partition coefficient (Wildman–Crippen LogP) is 4.54. The second kappa shape index (κ2) is 8.86. The lowest BCUT2D eigenvalue weighted by Crippen LogP contribution is -2.37. The molecule has 1 aliphatic rings. The van der Waals surface area contributed by atoms with Crippen LogP contribution in [0, 0.1) is 18.7 Å². The number of nitrogens with one attached hydrogen (secondary N) is 1. The molecule has 0 aliphatic carbocycles. The molecule has 1 aromatic carbocycles. The van der Waals surface area contributed by atoms with Crippen molar-refractivity contribution in [1.82, 2.24) is 19.9 Å². The van der Waals surface area contributed by atoms with Crippen molar-refractivity contribution in [3.05, 3.63) is 60.1 Å². The van der Waals surface area contributed by atoms with Gasteiger partial charge >= 0.3 is 6.09 Å². The molecule has 2 aromatic heterocycles. The Morgan fingerprint density at radius 2 is 1.91 bits per heavy atom. The summed E-state index contributed by atoms with van der Waals surface area (Å²) in [6.45, 7) is 8.16. The number of carbonyl (C=O) groups excluding carboxylic acids is 1. The first-order valence-electron chi connectivity index (χ1n) is 10.5. The molecule has 0 bridgehead atoms. The van der Waals surface area contributed by atoms with Gasteiger partial charge in [-0.1, -0.05) is 19.9 Å². The highest BCUT2D eigenvalue weighted by molar-refractivity contribution is 5.89. The van der Waals surface area contributed by atoms with E-state index in [0.29, 0.717) is 24.2 Å². The lowest BCUT2D eigenvalue weighted by atomic mass is 10.0. The highest BCUT2D eigenvalue weighted by Gasteiger charge is 2.37. The Hall–Kier alpha value is -3.62. The molecule has 3 heterocycles. The summed E-state index contributed by atoms with van der Waals surface area (Å²) in [7, 11) is 0. The van der Waals surface area contributed by atoms with Crippen LogP contribution in [0.1, 0.15) is 38.2 Å². The summed E-state index contributed by atoms with van der Waals surface area (Å²) in [5.41, 5.74) is 2.51. The summed E-state index contributed by atoms with van der Waals surface area (Å²) in [5.74, 6) is 1.36. The third kappa shape index (κ3) is 4.37. The molecular weight excluding hydrogens is 411 g/mol. The zero-order chi connectivity index (χ0) is 22.8. The van der Waals surface area contributed by atoms with Gasteiger partial charge in [-0.05, 0) is 49.1 Å². The highest BCUT2D eigenvalue weighted by atomic mass is 19.1. The van der Waals surface area contributed by atoms with Crippen LogP contribution in [0.15, 0.2) is 42.9 Å². The number of anilines is 2. The van der Waals surface area contributed by atoms with Crippen LogP contribution in [0.25, 0.3) is 11.1 Å². The molecule has 166 valence electrons. The number of carbonyl (C=O) groups is 1. The number of ether oxygens (including phenoxy) is 1. The molecule has 0 spiro atoms. The van der Waals surface area contributed by atoms with Crippen LogP contribution in [0.3, 0.4) is 0 Å². The van der Waals surface area contributed by atoms with Gasteiger partial charge in [-0.15, -0.1) is 0 Å². The minimum atomic E-state index is -0.406. The minimum absolute atomic E-state index is 0.0755. The minimum Gasteiger partial charge on any atom is -0.447 e. The molecule has 32 heavy (non-hydrogen) atoms. The fourth-order valence-electron chi connectivity index (χ4n) is 3.65. The zero-order valence-electron chi connectivity index (χ0n) is 18.4. The van der Waals surface area contributed by atoms with Crippen molar-refractivity contribution in [2.75, 3.05) is 16.8 Å². The van der Waals surface area contributed by atoms with Crippen LogP contribution in [-0.4, -0.2) is 38.7 Å². The molecule has 1 N–H and O–H groups in total. The lowest BCUT2D eigenvalue weighted by molar-refractivity contribution is 0.177. The Bertz CT molecular complexity index is 1120. The molecule has 1 fully saturated rings. The highest BCUT2D eigenvalue weighted by Crippen LogP contribution is 2.27. The maximum atomic E-state index is 13.4. The van der Waals surface area contributed by atoms with Gasteiger partial charge in [0.05, 0.1) is 12.1 Å². The lowest BCUT2D eigenvalue weighted by Gasteiger charge is -2.23. The SMILES string of the molecule is Cc1cc(F)ccc1-c1cnc(C(C)Nc2nccc(N3C(=O)OC[C@@H]3C(C)C)n2)nc1. The molecule has 8 nitrogen and oxygen atoms in total. The quantitative estimate of drug-likeness (QED) is 0.606. The molecule has 1 saturated heterocycles. The van der Waals surface area contributed by atoms with E-state index in [-0.39, 0.29) is 23.8 Å². The number of benzene rings is 1. The molecule has 9 heteroatoms. The molecule has 0 radical (unpaired) electrons. The van der Waals surface area contributed by atoms with E-state index in [1.165, 1.54) is 12.1 Å². The Morgan fingerprint density at radius 1 is 1.16 bits per heavy atom. The predicted molar refractivity (Wildman–Crippen MR) is 119 cm³/mol. The number of halogens is 1. The number of nitrogens with zero attached hydrogens (tertiary/aromatic N) is 5. The smallest absolute Gasteiger partial charge is 0.415 e. The van der Waals surface area contributed by atoms with Gasteiger partial charge in [-0.25, -0.2) is 24.1 Å². The zero-order valence-corrected chi connectivity index (χ0v) is 18.4. The summed E-state index contributed by atoms with van der Waals surface area (Å²) < 4.78 is 18.6. The third-order valence-electron chi connectivity index (χ3n) is 5.47. The number of aromatic nitrogens is 4. The summed E-state index contributed by atoms with van der Waals surface area (Å²) in [6, 6.07) is 5.96. The van der Waals surface area contributed by atoms with Gasteiger partial charge in [-0.3, -0.25) is 4.90 Å². The Kier molecular flexibility index (Phi) is 5.98. The van der Waals surface area contributed by atoms with E-state index >= 15 is 0 Å². The fourth-order valence-corrected chi connectivity index (χ4v) is 3.65. The van der Waals surface area contributed by atoms with Crippen LogP contribution in [-0.2, 0) is 4.74 Å². The first-order chi connectivity index (χ1) is 15.3. The summed E-state index contributed by atoms with van der Waals surface area (Å²) >= 11 is 0. The average molecular weight is 436 g/mol. The van der Waals surface area contributed by atoms with Crippen LogP contribution in [0.5, 0.6) is 0 Å². The molecule has 3 aromatic rings. The van der Waals surface area contributed by atoms with E-state index in [9.17, 15) is 9.18 Å². The molecule has 1 amide bonds. The largest absolute Gasteiger partial charge is 0.447 e. The second-order valence-electron chi connectivity index (χ2n) is 8.15. The summed E-state index contributed by atoms with van der Waals surface area (Å²) in [4.78, 5) is 31.5. The van der Waals surface area contributed by atoms with Gasteiger partial charge in [0.25, 0.3) is 0 Å². The van der Waals surface area contributed by atoms with Crippen molar-refractivity contribution in [3.8, 4) is 11.1 Å². The molecule has 1 aliphatic heterocycles. The van der Waals surface area contributed by atoms with Crippen molar-refractivity contribution in [2.45, 2.75) is 39.8 Å². The molecule has 4 rings (SSSR count). The maximum Gasteiger partial charge on any atom is 0.415 e. The number of hydrogen-bond acceptors (Lipinski definition) is 7. The van der Waals surface area contributed by atoms with Crippen molar-refractivity contribution < 1.29 is 13.9 Å². The maximum absolute atomic E-state index is 13.4. The number of amides is 1. The van der Waals surface area contributed by atoms with Gasteiger partial charge in [0.15, 0.2) is 0 Å².